The lowest BCUT2D eigenvalue weighted by Gasteiger charge is -2.30. The highest BCUT2D eigenvalue weighted by molar-refractivity contribution is 5.75. The number of rotatable bonds is 5. The monoisotopic (exact) mass is 255 g/mol. The number of hydrogen-bond donors (Lipinski definition) is 2. The topological polar surface area (TPSA) is 60.8 Å². The Morgan fingerprint density at radius 1 is 1.28 bits per heavy atom. The lowest BCUT2D eigenvalue weighted by atomic mass is 9.83. The van der Waals surface area contributed by atoms with Gasteiger partial charge in [-0.3, -0.25) is 9.69 Å². The van der Waals surface area contributed by atoms with Crippen LogP contribution in [0.25, 0.3) is 0 Å². The average molecular weight is 255 g/mol. The molecule has 2 aliphatic rings. The molecule has 0 aromatic carbocycles. The summed E-state index contributed by atoms with van der Waals surface area (Å²) in [5.41, 5.74) is -1.12. The highest BCUT2D eigenvalue weighted by atomic mass is 16.4. The van der Waals surface area contributed by atoms with Gasteiger partial charge in [-0.05, 0) is 32.2 Å². The predicted octanol–water partition coefficient (Wildman–Crippen LogP) is 1.87. The van der Waals surface area contributed by atoms with Gasteiger partial charge >= 0.3 is 5.97 Å². The van der Waals surface area contributed by atoms with Crippen LogP contribution in [0.4, 0.5) is 0 Å². The Balaban J connectivity index is 1.96. The number of nitrogens with zero attached hydrogens (tertiary/aromatic N) is 1. The molecule has 1 atom stereocenters. The van der Waals surface area contributed by atoms with Gasteiger partial charge in [0.1, 0.15) is 0 Å². The molecule has 1 aliphatic heterocycles. The van der Waals surface area contributed by atoms with Crippen molar-refractivity contribution in [2.75, 3.05) is 19.6 Å². The molecule has 1 unspecified atom stereocenters. The second kappa shape index (κ2) is 5.17. The van der Waals surface area contributed by atoms with Crippen LogP contribution in [0.3, 0.4) is 0 Å². The van der Waals surface area contributed by atoms with Crippen molar-refractivity contribution in [2.24, 2.45) is 5.41 Å². The summed E-state index contributed by atoms with van der Waals surface area (Å²) < 4.78 is 0. The van der Waals surface area contributed by atoms with Crippen LogP contribution < -0.4 is 0 Å². The minimum atomic E-state index is -0.662. The Bertz CT molecular complexity index is 312. The average Bonchev–Trinajstić information content (AvgIpc) is 2.88. The first-order valence-corrected chi connectivity index (χ1v) is 7.18. The summed E-state index contributed by atoms with van der Waals surface area (Å²) in [6, 6.07) is 0. The predicted molar refractivity (Wildman–Crippen MR) is 69.5 cm³/mol. The molecular formula is C14H25NO3. The van der Waals surface area contributed by atoms with Crippen molar-refractivity contribution in [1.29, 1.82) is 0 Å². The normalized spacial score (nSPS) is 31.9. The van der Waals surface area contributed by atoms with Gasteiger partial charge in [0, 0.05) is 13.1 Å². The fourth-order valence-corrected chi connectivity index (χ4v) is 3.66. The highest BCUT2D eigenvalue weighted by Gasteiger charge is 2.45. The lowest BCUT2D eigenvalue weighted by molar-refractivity contribution is -0.148. The summed E-state index contributed by atoms with van der Waals surface area (Å²) in [7, 11) is 0. The molecule has 0 aromatic heterocycles. The molecule has 1 heterocycles. The zero-order chi connectivity index (χ0) is 13.2. The number of carbonyl (C=O) groups is 1. The summed E-state index contributed by atoms with van der Waals surface area (Å²) in [5, 5.41) is 19.8. The van der Waals surface area contributed by atoms with Gasteiger partial charge < -0.3 is 10.2 Å². The van der Waals surface area contributed by atoms with Crippen molar-refractivity contribution >= 4 is 5.97 Å². The number of aliphatic carboxylic acids is 1. The van der Waals surface area contributed by atoms with E-state index in [-0.39, 0.29) is 0 Å². The molecule has 1 aliphatic carbocycles. The molecule has 2 fully saturated rings. The first-order chi connectivity index (χ1) is 8.50. The molecule has 1 saturated carbocycles. The molecule has 4 nitrogen and oxygen atoms in total. The van der Waals surface area contributed by atoms with E-state index in [0.717, 1.165) is 51.5 Å². The number of carboxylic acid groups (broad SMARTS) is 1. The SMILES string of the molecule is CCCC1(C(=O)O)CCN(CC2(O)CCCC2)C1. The zero-order valence-electron chi connectivity index (χ0n) is 11.3. The minimum absolute atomic E-state index is 0.555. The van der Waals surface area contributed by atoms with Gasteiger partial charge in [-0.2, -0.15) is 0 Å². The van der Waals surface area contributed by atoms with Gasteiger partial charge in [0.25, 0.3) is 0 Å². The minimum Gasteiger partial charge on any atom is -0.481 e. The Hall–Kier alpha value is -0.610. The van der Waals surface area contributed by atoms with E-state index in [1.54, 1.807) is 0 Å². The summed E-state index contributed by atoms with van der Waals surface area (Å²) >= 11 is 0. The van der Waals surface area contributed by atoms with Crippen LogP contribution in [0, 0.1) is 5.41 Å². The molecule has 0 aromatic rings. The Kier molecular flexibility index (Phi) is 3.97. The van der Waals surface area contributed by atoms with Crippen LogP contribution in [0.15, 0.2) is 0 Å². The third-order valence-corrected chi connectivity index (χ3v) is 4.67. The molecule has 104 valence electrons. The Morgan fingerprint density at radius 3 is 2.50 bits per heavy atom. The molecule has 4 heteroatoms. The smallest absolute Gasteiger partial charge is 0.310 e. The number of carboxylic acids is 1. The van der Waals surface area contributed by atoms with Crippen molar-refractivity contribution in [2.45, 2.75) is 57.5 Å². The molecule has 2 N–H and O–H groups in total. The van der Waals surface area contributed by atoms with E-state index in [2.05, 4.69) is 4.90 Å². The van der Waals surface area contributed by atoms with Crippen LogP contribution >= 0.6 is 0 Å². The van der Waals surface area contributed by atoms with Gasteiger partial charge in [0.2, 0.25) is 0 Å². The van der Waals surface area contributed by atoms with Crippen LogP contribution in [0.5, 0.6) is 0 Å². The van der Waals surface area contributed by atoms with Gasteiger partial charge in [0.05, 0.1) is 11.0 Å². The standard InChI is InChI=1S/C14H25NO3/c1-2-5-13(12(16)17)8-9-15(10-13)11-14(18)6-3-4-7-14/h18H,2-11H2,1H3,(H,16,17). The fraction of sp³-hybridized carbons (Fsp3) is 0.929. The largest absolute Gasteiger partial charge is 0.481 e. The fourth-order valence-electron chi connectivity index (χ4n) is 3.66. The number of aliphatic hydroxyl groups is 1. The maximum atomic E-state index is 11.5. The summed E-state index contributed by atoms with van der Waals surface area (Å²) in [6.07, 6.45) is 6.33. The Morgan fingerprint density at radius 2 is 1.94 bits per heavy atom. The van der Waals surface area contributed by atoms with E-state index >= 15 is 0 Å². The Labute approximate surface area is 109 Å². The van der Waals surface area contributed by atoms with E-state index in [9.17, 15) is 15.0 Å². The van der Waals surface area contributed by atoms with Crippen LogP contribution in [0.2, 0.25) is 0 Å². The third-order valence-electron chi connectivity index (χ3n) is 4.67. The van der Waals surface area contributed by atoms with Crippen LogP contribution in [-0.4, -0.2) is 46.3 Å². The van der Waals surface area contributed by atoms with Crippen molar-refractivity contribution in [3.63, 3.8) is 0 Å². The number of β-amino-alcohol motifs (C(OH)–C–C–N with tert-alkyl or cyclic N) is 1. The molecule has 1 saturated heterocycles. The number of hydrogen-bond acceptors (Lipinski definition) is 3. The van der Waals surface area contributed by atoms with Gasteiger partial charge in [0.15, 0.2) is 0 Å². The third kappa shape index (κ3) is 2.69. The van der Waals surface area contributed by atoms with Crippen LogP contribution in [0.1, 0.15) is 51.9 Å². The zero-order valence-corrected chi connectivity index (χ0v) is 11.3. The van der Waals surface area contributed by atoms with Gasteiger partial charge in [-0.15, -0.1) is 0 Å². The maximum Gasteiger partial charge on any atom is 0.310 e. The molecule has 0 spiro atoms. The quantitative estimate of drug-likeness (QED) is 0.787. The van der Waals surface area contributed by atoms with E-state index in [0.29, 0.717) is 13.1 Å². The molecule has 0 amide bonds. The molecule has 2 rings (SSSR count). The lowest BCUT2D eigenvalue weighted by Crippen LogP contribution is -2.42. The highest BCUT2D eigenvalue weighted by Crippen LogP contribution is 2.38. The summed E-state index contributed by atoms with van der Waals surface area (Å²) in [4.78, 5) is 13.6. The molecule has 0 radical (unpaired) electrons. The van der Waals surface area contributed by atoms with Crippen molar-refractivity contribution in [1.82, 2.24) is 4.90 Å². The summed E-state index contributed by atoms with van der Waals surface area (Å²) in [5.74, 6) is -0.662. The van der Waals surface area contributed by atoms with E-state index in [4.69, 9.17) is 0 Å². The molecular weight excluding hydrogens is 230 g/mol. The van der Waals surface area contributed by atoms with Gasteiger partial charge in [-0.25, -0.2) is 0 Å². The van der Waals surface area contributed by atoms with Crippen molar-refractivity contribution < 1.29 is 15.0 Å². The maximum absolute atomic E-state index is 11.5. The van der Waals surface area contributed by atoms with Crippen molar-refractivity contribution in [3.05, 3.63) is 0 Å². The van der Waals surface area contributed by atoms with E-state index in [1.807, 2.05) is 6.92 Å². The van der Waals surface area contributed by atoms with E-state index in [1.165, 1.54) is 0 Å². The molecule has 0 bridgehead atoms. The second-order valence-corrected chi connectivity index (χ2v) is 6.23. The first-order valence-electron chi connectivity index (χ1n) is 7.18. The van der Waals surface area contributed by atoms with Gasteiger partial charge in [-0.1, -0.05) is 26.2 Å². The first kappa shape index (κ1) is 13.8. The summed E-state index contributed by atoms with van der Waals surface area (Å²) in [6.45, 7) is 4.12. The second-order valence-electron chi connectivity index (χ2n) is 6.23. The molecule has 18 heavy (non-hydrogen) atoms. The van der Waals surface area contributed by atoms with E-state index < -0.39 is 17.0 Å². The number of likely N-dealkylation sites (tertiary alicyclic amines) is 1. The van der Waals surface area contributed by atoms with Crippen molar-refractivity contribution in [3.8, 4) is 0 Å². The van der Waals surface area contributed by atoms with Crippen LogP contribution in [-0.2, 0) is 4.79 Å².